The summed E-state index contributed by atoms with van der Waals surface area (Å²) in [5, 5.41) is 16.5. The molecule has 0 saturated carbocycles. The number of nitrogens with zero attached hydrogens (tertiary/aromatic N) is 1. The highest BCUT2D eigenvalue weighted by atomic mass is 32.2. The Morgan fingerprint density at radius 1 is 1.24 bits per heavy atom. The predicted molar refractivity (Wildman–Crippen MR) is 96.7 cm³/mol. The Morgan fingerprint density at radius 3 is 2.60 bits per heavy atom. The van der Waals surface area contributed by atoms with Crippen molar-refractivity contribution >= 4 is 29.0 Å². The van der Waals surface area contributed by atoms with Crippen molar-refractivity contribution in [2.24, 2.45) is 0 Å². The lowest BCUT2D eigenvalue weighted by molar-refractivity contribution is -0.384. The first kappa shape index (κ1) is 18.7. The van der Waals surface area contributed by atoms with Crippen LogP contribution in [0.2, 0.25) is 0 Å². The van der Waals surface area contributed by atoms with Crippen LogP contribution >= 0.6 is 11.8 Å². The maximum atomic E-state index is 12.8. The molecule has 2 N–H and O–H groups in total. The summed E-state index contributed by atoms with van der Waals surface area (Å²) in [6.45, 7) is 0.443. The van der Waals surface area contributed by atoms with Gasteiger partial charge in [0, 0.05) is 36.3 Å². The molecule has 0 unspecified atom stereocenters. The minimum Gasteiger partial charge on any atom is -0.387 e. The van der Waals surface area contributed by atoms with E-state index in [4.69, 9.17) is 0 Å². The Labute approximate surface area is 149 Å². The van der Waals surface area contributed by atoms with Gasteiger partial charge in [-0.05, 0) is 42.5 Å². The lowest BCUT2D eigenvalue weighted by Crippen LogP contribution is -2.25. The van der Waals surface area contributed by atoms with Crippen LogP contribution in [0.25, 0.3) is 0 Å². The molecule has 0 fully saturated rings. The van der Waals surface area contributed by atoms with Gasteiger partial charge in [0.05, 0.1) is 10.5 Å². The number of hydrogen-bond acceptors (Lipinski definition) is 5. The predicted octanol–water partition coefficient (Wildman–Crippen LogP) is 3.69. The van der Waals surface area contributed by atoms with Gasteiger partial charge in [-0.1, -0.05) is 0 Å². The number of thioether (sulfide) groups is 1. The van der Waals surface area contributed by atoms with Crippen molar-refractivity contribution < 1.29 is 14.1 Å². The third-order valence-electron chi connectivity index (χ3n) is 3.42. The second-order valence-electron chi connectivity index (χ2n) is 5.15. The average Bonchev–Trinajstić information content (AvgIpc) is 2.62. The summed E-state index contributed by atoms with van der Waals surface area (Å²) in [7, 11) is 1.65. The zero-order valence-electron chi connectivity index (χ0n) is 13.6. The maximum absolute atomic E-state index is 12.8. The molecule has 0 aliphatic heterocycles. The zero-order chi connectivity index (χ0) is 18.2. The van der Waals surface area contributed by atoms with E-state index in [1.807, 2.05) is 0 Å². The summed E-state index contributed by atoms with van der Waals surface area (Å²) < 4.78 is 12.8. The topological polar surface area (TPSA) is 84.3 Å². The van der Waals surface area contributed by atoms with E-state index in [-0.39, 0.29) is 23.0 Å². The number of halogens is 1. The monoisotopic (exact) mass is 363 g/mol. The maximum Gasteiger partial charge on any atom is 0.270 e. The number of carbonyl (C=O) groups is 1. The molecule has 0 atom stereocenters. The summed E-state index contributed by atoms with van der Waals surface area (Å²) in [6, 6.07) is 10.4. The van der Waals surface area contributed by atoms with Gasteiger partial charge < -0.3 is 10.6 Å². The summed E-state index contributed by atoms with van der Waals surface area (Å²) >= 11 is 1.57. The molecule has 25 heavy (non-hydrogen) atoms. The van der Waals surface area contributed by atoms with Crippen LogP contribution in [-0.2, 0) is 0 Å². The lowest BCUT2D eigenvalue weighted by atomic mass is 10.1. The van der Waals surface area contributed by atoms with Crippen molar-refractivity contribution in [3.63, 3.8) is 0 Å². The van der Waals surface area contributed by atoms with Crippen molar-refractivity contribution in [2.45, 2.75) is 11.3 Å². The van der Waals surface area contributed by atoms with Crippen molar-refractivity contribution in [1.82, 2.24) is 5.32 Å². The van der Waals surface area contributed by atoms with Crippen LogP contribution < -0.4 is 10.6 Å². The number of carbonyl (C=O) groups excluding carboxylic acids is 1. The van der Waals surface area contributed by atoms with E-state index in [9.17, 15) is 19.3 Å². The van der Waals surface area contributed by atoms with Gasteiger partial charge in [-0.15, -0.1) is 11.8 Å². The summed E-state index contributed by atoms with van der Waals surface area (Å²) in [6.07, 6.45) is 0.720. The van der Waals surface area contributed by atoms with Crippen molar-refractivity contribution in [3.05, 3.63) is 64.0 Å². The summed E-state index contributed by atoms with van der Waals surface area (Å²) in [4.78, 5) is 23.5. The zero-order valence-corrected chi connectivity index (χ0v) is 14.4. The van der Waals surface area contributed by atoms with Gasteiger partial charge in [-0.3, -0.25) is 14.9 Å². The molecule has 0 aliphatic rings. The van der Waals surface area contributed by atoms with Gasteiger partial charge in [-0.25, -0.2) is 4.39 Å². The Bertz CT molecular complexity index is 753. The van der Waals surface area contributed by atoms with Crippen LogP contribution in [-0.4, -0.2) is 30.2 Å². The van der Waals surface area contributed by atoms with E-state index < -0.39 is 4.92 Å². The van der Waals surface area contributed by atoms with E-state index in [1.165, 1.54) is 30.3 Å². The Morgan fingerprint density at radius 2 is 1.96 bits per heavy atom. The Kier molecular flexibility index (Phi) is 6.76. The van der Waals surface area contributed by atoms with Crippen LogP contribution in [0.1, 0.15) is 16.8 Å². The Balaban J connectivity index is 1.84. The second kappa shape index (κ2) is 9.03. The largest absolute Gasteiger partial charge is 0.387 e. The van der Waals surface area contributed by atoms with E-state index >= 15 is 0 Å². The SMILES string of the molecule is CNc1ccc([N+](=O)[O-])cc1C(=O)NCCCSc1ccc(F)cc1. The van der Waals surface area contributed by atoms with Crippen LogP contribution in [0.5, 0.6) is 0 Å². The number of amides is 1. The van der Waals surface area contributed by atoms with Gasteiger partial charge in [-0.2, -0.15) is 0 Å². The summed E-state index contributed by atoms with van der Waals surface area (Å²) in [5.41, 5.74) is 0.641. The molecule has 0 aromatic heterocycles. The van der Waals surface area contributed by atoms with Crippen LogP contribution in [0.4, 0.5) is 15.8 Å². The van der Waals surface area contributed by atoms with Crippen LogP contribution in [0.15, 0.2) is 47.4 Å². The van der Waals surface area contributed by atoms with Crippen LogP contribution in [0.3, 0.4) is 0 Å². The minimum atomic E-state index is -0.532. The van der Waals surface area contributed by atoms with Crippen molar-refractivity contribution in [2.75, 3.05) is 24.7 Å². The number of nitrogens with one attached hydrogen (secondary N) is 2. The highest BCUT2D eigenvalue weighted by Crippen LogP contribution is 2.22. The molecule has 0 bridgehead atoms. The standard InChI is InChI=1S/C17H18FN3O3S/c1-19-16-8-5-13(21(23)24)11-15(16)17(22)20-9-2-10-25-14-6-3-12(18)4-7-14/h3-8,11,19H,2,9-10H2,1H3,(H,20,22). The normalized spacial score (nSPS) is 10.3. The molecule has 1 amide bonds. The molecule has 0 heterocycles. The van der Waals surface area contributed by atoms with Crippen LogP contribution in [0, 0.1) is 15.9 Å². The molecule has 0 saturated heterocycles. The third kappa shape index (κ3) is 5.46. The van der Waals surface area contributed by atoms with Crippen molar-refractivity contribution in [1.29, 1.82) is 0 Å². The quantitative estimate of drug-likeness (QED) is 0.323. The molecular weight excluding hydrogens is 345 g/mol. The fraction of sp³-hybridized carbons (Fsp3) is 0.235. The molecule has 2 aromatic carbocycles. The van der Waals surface area contributed by atoms with E-state index in [0.717, 1.165) is 17.1 Å². The van der Waals surface area contributed by atoms with Gasteiger partial charge in [0.15, 0.2) is 0 Å². The number of anilines is 1. The van der Waals surface area contributed by atoms with E-state index in [2.05, 4.69) is 10.6 Å². The molecule has 6 nitrogen and oxygen atoms in total. The van der Waals surface area contributed by atoms with Crippen molar-refractivity contribution in [3.8, 4) is 0 Å². The summed E-state index contributed by atoms with van der Waals surface area (Å²) in [5.74, 6) is 0.133. The van der Waals surface area contributed by atoms with Gasteiger partial charge in [0.25, 0.3) is 11.6 Å². The number of nitro benzene ring substituents is 1. The molecular formula is C17H18FN3O3S. The van der Waals surface area contributed by atoms with Gasteiger partial charge in [0.2, 0.25) is 0 Å². The molecule has 0 spiro atoms. The van der Waals surface area contributed by atoms with Gasteiger partial charge >= 0.3 is 0 Å². The number of nitro groups is 1. The smallest absolute Gasteiger partial charge is 0.270 e. The Hall–Kier alpha value is -2.61. The average molecular weight is 363 g/mol. The first-order valence-electron chi connectivity index (χ1n) is 7.64. The first-order chi connectivity index (χ1) is 12.0. The number of rotatable bonds is 8. The molecule has 0 radical (unpaired) electrons. The third-order valence-corrected chi connectivity index (χ3v) is 4.52. The highest BCUT2D eigenvalue weighted by molar-refractivity contribution is 7.99. The molecule has 0 aliphatic carbocycles. The van der Waals surface area contributed by atoms with Gasteiger partial charge in [0.1, 0.15) is 5.82 Å². The highest BCUT2D eigenvalue weighted by Gasteiger charge is 2.15. The molecule has 8 heteroatoms. The fourth-order valence-corrected chi connectivity index (χ4v) is 2.99. The number of non-ortho nitro benzene ring substituents is 1. The number of hydrogen-bond donors (Lipinski definition) is 2. The molecule has 2 aromatic rings. The lowest BCUT2D eigenvalue weighted by Gasteiger charge is -2.10. The molecule has 132 valence electrons. The minimum absolute atomic E-state index is 0.129. The second-order valence-corrected chi connectivity index (χ2v) is 6.32. The fourth-order valence-electron chi connectivity index (χ4n) is 2.14. The van der Waals surface area contributed by atoms with E-state index in [0.29, 0.717) is 12.2 Å². The molecule has 2 rings (SSSR count). The van der Waals surface area contributed by atoms with E-state index in [1.54, 1.807) is 30.9 Å². The number of benzene rings is 2. The first-order valence-corrected chi connectivity index (χ1v) is 8.62.